The second kappa shape index (κ2) is 12.1. The van der Waals surface area contributed by atoms with E-state index in [9.17, 15) is 30.7 Å². The molecular formula is C32H34O9S2. The van der Waals surface area contributed by atoms with Gasteiger partial charge in [0.05, 0.1) is 11.0 Å². The Bertz CT molecular complexity index is 1910. The molecule has 0 spiro atoms. The smallest absolute Gasteiger partial charge is 0.298 e. The van der Waals surface area contributed by atoms with Crippen LogP contribution in [-0.2, 0) is 25.7 Å². The second-order valence-corrected chi connectivity index (χ2v) is 13.9. The van der Waals surface area contributed by atoms with Crippen LogP contribution in [0, 0.1) is 0 Å². The van der Waals surface area contributed by atoms with E-state index in [0.29, 0.717) is 28.9 Å². The lowest BCUT2D eigenvalue weighted by atomic mass is 9.80. The van der Waals surface area contributed by atoms with Crippen molar-refractivity contribution in [3.8, 4) is 17.2 Å². The lowest BCUT2D eigenvalue weighted by Gasteiger charge is -2.27. The molecule has 0 aliphatic rings. The fourth-order valence-corrected chi connectivity index (χ4v) is 6.64. The third kappa shape index (κ3) is 7.07. The van der Waals surface area contributed by atoms with Crippen LogP contribution in [0.25, 0.3) is 10.8 Å². The summed E-state index contributed by atoms with van der Waals surface area (Å²) >= 11 is 0. The molecule has 4 aromatic carbocycles. The molecule has 0 radical (unpaired) electrons. The highest BCUT2D eigenvalue weighted by atomic mass is 32.2. The highest BCUT2D eigenvalue weighted by Crippen LogP contribution is 2.39. The minimum absolute atomic E-state index is 0.0843. The van der Waals surface area contributed by atoms with Crippen LogP contribution >= 0.6 is 0 Å². The van der Waals surface area contributed by atoms with Crippen molar-refractivity contribution in [2.24, 2.45) is 0 Å². The molecule has 0 saturated heterocycles. The Morgan fingerprint density at radius 3 is 1.84 bits per heavy atom. The van der Waals surface area contributed by atoms with Gasteiger partial charge >= 0.3 is 0 Å². The molecule has 0 aliphatic heterocycles. The van der Waals surface area contributed by atoms with Crippen molar-refractivity contribution in [3.63, 3.8) is 0 Å². The van der Waals surface area contributed by atoms with Gasteiger partial charge in [0, 0.05) is 21.9 Å². The first-order valence-electron chi connectivity index (χ1n) is 13.7. The van der Waals surface area contributed by atoms with Gasteiger partial charge < -0.3 is 9.47 Å². The third-order valence-corrected chi connectivity index (χ3v) is 8.80. The zero-order valence-corrected chi connectivity index (χ0v) is 26.1. The van der Waals surface area contributed by atoms with Gasteiger partial charge in [-0.2, -0.15) is 16.8 Å². The Morgan fingerprint density at radius 2 is 1.28 bits per heavy atom. The second-order valence-electron chi connectivity index (χ2n) is 11.2. The maximum absolute atomic E-state index is 13.5. The van der Waals surface area contributed by atoms with E-state index >= 15 is 0 Å². The summed E-state index contributed by atoms with van der Waals surface area (Å²) in [4.78, 5) is 12.4. The molecule has 0 fully saturated rings. The van der Waals surface area contributed by atoms with Crippen LogP contribution in [0.2, 0.25) is 0 Å². The molecule has 9 nitrogen and oxygen atoms in total. The van der Waals surface area contributed by atoms with E-state index in [1.165, 1.54) is 24.3 Å². The van der Waals surface area contributed by atoms with Crippen molar-refractivity contribution in [1.29, 1.82) is 0 Å². The summed E-state index contributed by atoms with van der Waals surface area (Å²) in [5.74, 6) is -0.0418. The summed E-state index contributed by atoms with van der Waals surface area (Å²) < 4.78 is 81.3. The molecule has 0 unspecified atom stereocenters. The molecule has 11 heteroatoms. The maximum atomic E-state index is 13.5. The molecule has 0 bridgehead atoms. The van der Waals surface area contributed by atoms with Crippen molar-refractivity contribution in [1.82, 2.24) is 0 Å². The Morgan fingerprint density at radius 1 is 0.767 bits per heavy atom. The Balaban J connectivity index is 1.78. The van der Waals surface area contributed by atoms with Gasteiger partial charge in [0.1, 0.15) is 22.1 Å². The molecule has 0 aliphatic carbocycles. The molecule has 0 aromatic heterocycles. The molecule has 4 rings (SSSR count). The van der Waals surface area contributed by atoms with Crippen LogP contribution in [0.4, 0.5) is 0 Å². The van der Waals surface area contributed by atoms with E-state index in [0.717, 1.165) is 23.9 Å². The fourth-order valence-electron chi connectivity index (χ4n) is 5.11. The highest BCUT2D eigenvalue weighted by molar-refractivity contribution is 7.86. The monoisotopic (exact) mass is 626 g/mol. The number of ketones is 1. The molecule has 0 heterocycles. The third-order valence-electron chi connectivity index (χ3n) is 7.04. The zero-order valence-electron chi connectivity index (χ0n) is 24.5. The normalized spacial score (nSPS) is 12.5. The maximum Gasteiger partial charge on any atom is 0.298 e. The summed E-state index contributed by atoms with van der Waals surface area (Å²) in [6.45, 7) is 9.42. The topological polar surface area (TPSA) is 144 Å². The first kappa shape index (κ1) is 32.2. The number of benzene rings is 4. The summed E-state index contributed by atoms with van der Waals surface area (Å²) in [6, 6.07) is 18.0. The van der Waals surface area contributed by atoms with Gasteiger partial charge in [-0.3, -0.25) is 13.9 Å². The lowest BCUT2D eigenvalue weighted by Crippen LogP contribution is -2.21. The van der Waals surface area contributed by atoms with E-state index < -0.39 is 41.2 Å². The standard InChI is InChI=1S/C32H34O9S2/c1-6-17-32(4,5)25-13-11-21(18-29(25)42(34,35)36)31(33)22-12-14-28(30(19-22)43(37,38)39)41-27-16-15-26(40-20(2)3)23-9-7-8-10-24(23)27/h7-16,18-20H,6,17H2,1-5H3,(H,34,35,36)(H,37,38,39). The van der Waals surface area contributed by atoms with E-state index in [1.807, 2.05) is 46.8 Å². The summed E-state index contributed by atoms with van der Waals surface area (Å²) in [5.41, 5.74) is -0.493. The molecule has 0 saturated carbocycles. The van der Waals surface area contributed by atoms with Crippen LogP contribution < -0.4 is 9.47 Å². The fraction of sp³-hybridized carbons (Fsp3) is 0.281. The van der Waals surface area contributed by atoms with E-state index in [4.69, 9.17) is 9.47 Å². The van der Waals surface area contributed by atoms with Gasteiger partial charge in [-0.25, -0.2) is 0 Å². The summed E-state index contributed by atoms with van der Waals surface area (Å²) in [7, 11) is -9.56. The number of carbonyl (C=O) groups is 1. The highest BCUT2D eigenvalue weighted by Gasteiger charge is 2.29. The van der Waals surface area contributed by atoms with Crippen molar-refractivity contribution in [2.75, 3.05) is 0 Å². The summed E-state index contributed by atoms with van der Waals surface area (Å²) in [6.07, 6.45) is 1.31. The minimum atomic E-state index is -4.87. The first-order valence-corrected chi connectivity index (χ1v) is 16.6. The molecule has 0 amide bonds. The average Bonchev–Trinajstić information content (AvgIpc) is 2.92. The Labute approximate surface area is 252 Å². The molecule has 4 aromatic rings. The first-order chi connectivity index (χ1) is 20.0. The van der Waals surface area contributed by atoms with Crippen molar-refractivity contribution in [2.45, 2.75) is 68.8 Å². The Hall–Kier alpha value is -3.77. The number of hydrogen-bond donors (Lipinski definition) is 2. The van der Waals surface area contributed by atoms with E-state index in [2.05, 4.69) is 0 Å². The molecular weight excluding hydrogens is 592 g/mol. The number of hydrogen-bond acceptors (Lipinski definition) is 7. The van der Waals surface area contributed by atoms with Crippen molar-refractivity contribution >= 4 is 36.8 Å². The van der Waals surface area contributed by atoms with Crippen LogP contribution in [0.3, 0.4) is 0 Å². The van der Waals surface area contributed by atoms with Crippen LogP contribution in [-0.4, -0.2) is 37.8 Å². The molecule has 0 atom stereocenters. The van der Waals surface area contributed by atoms with Gasteiger partial charge in [-0.1, -0.05) is 63.6 Å². The average molecular weight is 627 g/mol. The predicted octanol–water partition coefficient (Wildman–Crippen LogP) is 7.22. The van der Waals surface area contributed by atoms with Crippen LogP contribution in [0.1, 0.15) is 68.9 Å². The van der Waals surface area contributed by atoms with Crippen LogP contribution in [0.5, 0.6) is 17.2 Å². The number of fused-ring (bicyclic) bond motifs is 1. The summed E-state index contributed by atoms with van der Waals surface area (Å²) in [5, 5.41) is 1.36. The van der Waals surface area contributed by atoms with Gasteiger partial charge in [0.15, 0.2) is 5.78 Å². The molecule has 43 heavy (non-hydrogen) atoms. The minimum Gasteiger partial charge on any atom is -0.490 e. The molecule has 228 valence electrons. The Kier molecular flexibility index (Phi) is 9.03. The van der Waals surface area contributed by atoms with E-state index in [1.54, 1.807) is 24.3 Å². The van der Waals surface area contributed by atoms with Gasteiger partial charge in [-0.15, -0.1) is 0 Å². The quantitative estimate of drug-likeness (QED) is 0.130. The van der Waals surface area contributed by atoms with Gasteiger partial charge in [0.2, 0.25) is 0 Å². The predicted molar refractivity (Wildman–Crippen MR) is 164 cm³/mol. The number of rotatable bonds is 11. The lowest BCUT2D eigenvalue weighted by molar-refractivity contribution is 0.103. The largest absolute Gasteiger partial charge is 0.490 e. The molecule has 2 N–H and O–H groups in total. The van der Waals surface area contributed by atoms with Crippen molar-refractivity contribution in [3.05, 3.63) is 89.5 Å². The van der Waals surface area contributed by atoms with Crippen LogP contribution in [0.15, 0.2) is 82.6 Å². The van der Waals surface area contributed by atoms with Gasteiger partial charge in [-0.05, 0) is 67.6 Å². The number of carbonyl (C=O) groups excluding carboxylic acids is 1. The SMILES string of the molecule is CCCC(C)(C)c1ccc(C(=O)c2ccc(Oc3ccc(OC(C)C)c4ccccc34)c(S(=O)(=O)O)c2)cc1S(=O)(=O)O. The van der Waals surface area contributed by atoms with Crippen molar-refractivity contribution < 1.29 is 40.2 Å². The zero-order chi connectivity index (χ0) is 31.7. The van der Waals surface area contributed by atoms with Gasteiger partial charge in [0.25, 0.3) is 20.2 Å². The van der Waals surface area contributed by atoms with E-state index in [-0.39, 0.29) is 23.0 Å². The number of ether oxygens (including phenoxy) is 2.